The molecular formula is C14H23NO4. The number of amides is 1. The maximum absolute atomic E-state index is 12.1. The standard InChI is InChI=1S/C14H23NO4/c1-14(2,3)19-13(17)15-7-9-5-6-10(8-15)11(9)12(16)18-4/h9-11H,5-8H2,1-4H3/t9-,10-/m1/s1. The monoisotopic (exact) mass is 269 g/mol. The van der Waals surface area contributed by atoms with Gasteiger partial charge in [-0.25, -0.2) is 4.79 Å². The van der Waals surface area contributed by atoms with Crippen LogP contribution in [0.5, 0.6) is 0 Å². The van der Waals surface area contributed by atoms with Crippen LogP contribution in [0.4, 0.5) is 4.79 Å². The highest BCUT2D eigenvalue weighted by atomic mass is 16.6. The van der Waals surface area contributed by atoms with Crippen molar-refractivity contribution >= 4 is 12.1 Å². The molecule has 0 aromatic heterocycles. The summed E-state index contributed by atoms with van der Waals surface area (Å²) in [4.78, 5) is 25.6. The Morgan fingerprint density at radius 1 is 1.11 bits per heavy atom. The molecule has 0 unspecified atom stereocenters. The molecule has 1 aliphatic carbocycles. The number of fused-ring (bicyclic) bond motifs is 2. The SMILES string of the molecule is COC(=O)C1[C@@H]2CC[C@@H]1CN(C(=O)OC(C)(C)C)C2. The van der Waals surface area contributed by atoms with Crippen LogP contribution in [-0.2, 0) is 14.3 Å². The zero-order valence-electron chi connectivity index (χ0n) is 12.1. The van der Waals surface area contributed by atoms with Gasteiger partial charge < -0.3 is 14.4 Å². The Morgan fingerprint density at radius 3 is 2.05 bits per heavy atom. The number of hydrogen-bond acceptors (Lipinski definition) is 4. The van der Waals surface area contributed by atoms with Crippen molar-refractivity contribution in [2.45, 2.75) is 39.2 Å². The third-order valence-electron chi connectivity index (χ3n) is 3.96. The molecule has 0 N–H and O–H groups in total. The number of carbonyl (C=O) groups excluding carboxylic acids is 2. The summed E-state index contributed by atoms with van der Waals surface area (Å²) in [5.74, 6) is 0.275. The van der Waals surface area contributed by atoms with E-state index in [2.05, 4.69) is 0 Å². The van der Waals surface area contributed by atoms with Gasteiger partial charge in [-0.05, 0) is 45.4 Å². The summed E-state index contributed by atoms with van der Waals surface area (Å²) >= 11 is 0. The van der Waals surface area contributed by atoms with E-state index >= 15 is 0 Å². The summed E-state index contributed by atoms with van der Waals surface area (Å²) in [6.45, 7) is 6.79. The van der Waals surface area contributed by atoms with Gasteiger partial charge in [-0.2, -0.15) is 0 Å². The molecule has 1 saturated carbocycles. The quantitative estimate of drug-likeness (QED) is 0.684. The molecule has 0 aromatic carbocycles. The first-order chi connectivity index (χ1) is 8.81. The van der Waals surface area contributed by atoms with Gasteiger partial charge in [0, 0.05) is 13.1 Å². The van der Waals surface area contributed by atoms with Crippen LogP contribution >= 0.6 is 0 Å². The number of ether oxygens (including phenoxy) is 2. The van der Waals surface area contributed by atoms with E-state index in [1.807, 2.05) is 20.8 Å². The lowest BCUT2D eigenvalue weighted by atomic mass is 9.85. The molecular weight excluding hydrogens is 246 g/mol. The van der Waals surface area contributed by atoms with Gasteiger partial charge in [0.25, 0.3) is 0 Å². The van der Waals surface area contributed by atoms with Gasteiger partial charge in [-0.15, -0.1) is 0 Å². The van der Waals surface area contributed by atoms with Gasteiger partial charge in [0.15, 0.2) is 0 Å². The van der Waals surface area contributed by atoms with Gasteiger partial charge in [-0.1, -0.05) is 0 Å². The van der Waals surface area contributed by atoms with Crippen molar-refractivity contribution in [3.8, 4) is 0 Å². The third kappa shape index (κ3) is 3.01. The molecule has 5 nitrogen and oxygen atoms in total. The Kier molecular flexibility index (Phi) is 3.74. The minimum atomic E-state index is -0.477. The van der Waals surface area contributed by atoms with Gasteiger partial charge in [0.05, 0.1) is 13.0 Å². The Labute approximate surface area is 114 Å². The molecule has 1 saturated heterocycles. The summed E-state index contributed by atoms with van der Waals surface area (Å²) in [6.07, 6.45) is 1.71. The van der Waals surface area contributed by atoms with Crippen molar-refractivity contribution in [1.82, 2.24) is 4.90 Å². The molecule has 1 amide bonds. The van der Waals surface area contributed by atoms with E-state index in [-0.39, 0.29) is 29.8 Å². The molecule has 108 valence electrons. The fraction of sp³-hybridized carbons (Fsp3) is 0.857. The van der Waals surface area contributed by atoms with Crippen molar-refractivity contribution in [1.29, 1.82) is 0 Å². The molecule has 2 fully saturated rings. The molecule has 2 atom stereocenters. The molecule has 2 bridgehead atoms. The fourth-order valence-electron chi connectivity index (χ4n) is 3.22. The molecule has 1 heterocycles. The fourth-order valence-corrected chi connectivity index (χ4v) is 3.22. The summed E-state index contributed by atoms with van der Waals surface area (Å²) in [5, 5.41) is 0. The average Bonchev–Trinajstić information content (AvgIpc) is 2.56. The normalized spacial score (nSPS) is 30.1. The first-order valence-electron chi connectivity index (χ1n) is 6.87. The Balaban J connectivity index is 2.00. The van der Waals surface area contributed by atoms with Gasteiger partial charge >= 0.3 is 12.1 Å². The maximum Gasteiger partial charge on any atom is 0.410 e. The Morgan fingerprint density at radius 2 is 1.63 bits per heavy atom. The van der Waals surface area contributed by atoms with Crippen molar-refractivity contribution in [3.63, 3.8) is 0 Å². The van der Waals surface area contributed by atoms with Crippen LogP contribution in [-0.4, -0.2) is 42.8 Å². The molecule has 1 aliphatic heterocycles. The van der Waals surface area contributed by atoms with Crippen LogP contribution in [0.1, 0.15) is 33.6 Å². The Hall–Kier alpha value is -1.26. The minimum Gasteiger partial charge on any atom is -0.469 e. The van der Waals surface area contributed by atoms with Crippen LogP contribution in [0.25, 0.3) is 0 Å². The highest BCUT2D eigenvalue weighted by Crippen LogP contribution is 2.42. The first-order valence-corrected chi connectivity index (χ1v) is 6.87. The largest absolute Gasteiger partial charge is 0.469 e. The van der Waals surface area contributed by atoms with Crippen molar-refractivity contribution in [3.05, 3.63) is 0 Å². The van der Waals surface area contributed by atoms with Crippen LogP contribution in [0.3, 0.4) is 0 Å². The molecule has 0 aromatic rings. The second-order valence-electron chi connectivity index (χ2n) is 6.53. The molecule has 5 heteroatoms. The molecule has 2 rings (SSSR count). The lowest BCUT2D eigenvalue weighted by Gasteiger charge is -2.37. The smallest absolute Gasteiger partial charge is 0.410 e. The van der Waals surface area contributed by atoms with Crippen molar-refractivity contribution in [2.24, 2.45) is 17.8 Å². The number of rotatable bonds is 1. The van der Waals surface area contributed by atoms with E-state index in [1.165, 1.54) is 7.11 Å². The van der Waals surface area contributed by atoms with E-state index in [0.717, 1.165) is 12.8 Å². The van der Waals surface area contributed by atoms with Crippen LogP contribution in [0, 0.1) is 17.8 Å². The summed E-state index contributed by atoms with van der Waals surface area (Å²) in [7, 11) is 1.43. The highest BCUT2D eigenvalue weighted by Gasteiger charge is 2.48. The number of esters is 1. The first kappa shape index (κ1) is 14.2. The number of methoxy groups -OCH3 is 1. The van der Waals surface area contributed by atoms with Crippen LogP contribution < -0.4 is 0 Å². The predicted molar refractivity (Wildman–Crippen MR) is 69.5 cm³/mol. The van der Waals surface area contributed by atoms with Crippen molar-refractivity contribution in [2.75, 3.05) is 20.2 Å². The van der Waals surface area contributed by atoms with E-state index in [0.29, 0.717) is 13.1 Å². The number of carbonyl (C=O) groups is 2. The van der Waals surface area contributed by atoms with E-state index in [9.17, 15) is 9.59 Å². The summed E-state index contributed by atoms with van der Waals surface area (Å²) < 4.78 is 10.3. The predicted octanol–water partition coefficient (Wildman–Crippen LogP) is 2.05. The number of nitrogens with zero attached hydrogens (tertiary/aromatic N) is 1. The highest BCUT2D eigenvalue weighted by molar-refractivity contribution is 5.75. The van der Waals surface area contributed by atoms with Crippen LogP contribution in [0.15, 0.2) is 0 Å². The third-order valence-corrected chi connectivity index (χ3v) is 3.96. The number of hydrogen-bond donors (Lipinski definition) is 0. The summed E-state index contributed by atoms with van der Waals surface area (Å²) in [6, 6.07) is 0. The van der Waals surface area contributed by atoms with Gasteiger partial charge in [-0.3, -0.25) is 4.79 Å². The summed E-state index contributed by atoms with van der Waals surface area (Å²) in [5.41, 5.74) is -0.477. The molecule has 0 spiro atoms. The van der Waals surface area contributed by atoms with Gasteiger partial charge in [0.2, 0.25) is 0 Å². The topological polar surface area (TPSA) is 55.8 Å². The zero-order valence-corrected chi connectivity index (χ0v) is 12.1. The minimum absolute atomic E-state index is 0.0383. The van der Waals surface area contributed by atoms with E-state index in [1.54, 1.807) is 4.90 Å². The molecule has 19 heavy (non-hydrogen) atoms. The molecule has 0 radical (unpaired) electrons. The van der Waals surface area contributed by atoms with Crippen molar-refractivity contribution < 1.29 is 19.1 Å². The maximum atomic E-state index is 12.1. The number of piperidine rings is 1. The lowest BCUT2D eigenvalue weighted by molar-refractivity contribution is -0.150. The lowest BCUT2D eigenvalue weighted by Crippen LogP contribution is -2.48. The zero-order chi connectivity index (χ0) is 14.2. The van der Waals surface area contributed by atoms with E-state index < -0.39 is 5.60 Å². The van der Waals surface area contributed by atoms with E-state index in [4.69, 9.17) is 9.47 Å². The van der Waals surface area contributed by atoms with Crippen LogP contribution in [0.2, 0.25) is 0 Å². The second-order valence-corrected chi connectivity index (χ2v) is 6.53. The number of likely N-dealkylation sites (tertiary alicyclic amines) is 1. The average molecular weight is 269 g/mol. The molecule has 2 aliphatic rings. The second kappa shape index (κ2) is 5.02. The van der Waals surface area contributed by atoms with Gasteiger partial charge in [0.1, 0.15) is 5.60 Å². The Bertz CT molecular complexity index is 360.